The molecule has 1 atom stereocenters. The van der Waals surface area contributed by atoms with Crippen molar-refractivity contribution in [2.75, 3.05) is 13.1 Å². The summed E-state index contributed by atoms with van der Waals surface area (Å²) < 4.78 is 39.7. The topological polar surface area (TPSA) is 73.0 Å². The van der Waals surface area contributed by atoms with E-state index in [-0.39, 0.29) is 18.4 Å². The van der Waals surface area contributed by atoms with Crippen molar-refractivity contribution in [2.24, 2.45) is 7.05 Å². The zero-order valence-electron chi connectivity index (χ0n) is 11.5. The highest BCUT2D eigenvalue weighted by Gasteiger charge is 2.40. The molecule has 1 aliphatic heterocycles. The Balaban J connectivity index is 1.94. The largest absolute Gasteiger partial charge is 0.406 e. The Morgan fingerprint density at radius 3 is 2.77 bits per heavy atom. The Hall–Kier alpha value is -2.39. The zero-order chi connectivity index (χ0) is 16.1. The van der Waals surface area contributed by atoms with Crippen LogP contribution in [-0.4, -0.2) is 49.4 Å². The number of likely N-dealkylation sites (tertiary alicyclic amines) is 1. The summed E-state index contributed by atoms with van der Waals surface area (Å²) in [7, 11) is 1.62. The zero-order valence-corrected chi connectivity index (χ0v) is 11.5. The van der Waals surface area contributed by atoms with Crippen LogP contribution in [0.2, 0.25) is 0 Å². The number of hydrogen-bond donors (Lipinski definition) is 0. The third kappa shape index (κ3) is 2.34. The van der Waals surface area contributed by atoms with Crippen molar-refractivity contribution >= 4 is 16.9 Å². The monoisotopic (exact) mass is 315 g/mol. The van der Waals surface area contributed by atoms with Gasteiger partial charge in [0.1, 0.15) is 24.3 Å². The lowest BCUT2D eigenvalue weighted by Gasteiger charge is -2.18. The molecular formula is C12H12F3N5O2. The van der Waals surface area contributed by atoms with Gasteiger partial charge in [-0.05, 0) is 6.42 Å². The molecule has 118 valence electrons. The number of carbonyl (C=O) groups is 1. The average molecular weight is 315 g/mol. The Labute approximate surface area is 121 Å². The van der Waals surface area contributed by atoms with E-state index >= 15 is 0 Å². The minimum atomic E-state index is -4.46. The molecule has 0 spiro atoms. The van der Waals surface area contributed by atoms with E-state index < -0.39 is 30.2 Å². The van der Waals surface area contributed by atoms with Crippen molar-refractivity contribution in [3.63, 3.8) is 0 Å². The van der Waals surface area contributed by atoms with Gasteiger partial charge in [-0.3, -0.25) is 18.8 Å². The summed E-state index contributed by atoms with van der Waals surface area (Å²) in [6, 6.07) is -0.952. The third-order valence-electron chi connectivity index (χ3n) is 3.65. The van der Waals surface area contributed by atoms with Gasteiger partial charge in [-0.1, -0.05) is 0 Å². The summed E-state index contributed by atoms with van der Waals surface area (Å²) in [5.41, 5.74) is -0.121. The maximum atomic E-state index is 12.4. The minimum absolute atomic E-state index is 0.0411. The minimum Gasteiger partial charge on any atom is -0.332 e. The molecule has 0 saturated carbocycles. The number of hydrogen-bond acceptors (Lipinski definition) is 4. The van der Waals surface area contributed by atoms with Gasteiger partial charge in [0.2, 0.25) is 5.91 Å². The van der Waals surface area contributed by atoms with Gasteiger partial charge < -0.3 is 4.90 Å². The smallest absolute Gasteiger partial charge is 0.332 e. The number of amides is 1. The number of halogens is 3. The summed E-state index contributed by atoms with van der Waals surface area (Å²) in [4.78, 5) is 29.2. The first kappa shape index (κ1) is 14.5. The van der Waals surface area contributed by atoms with Crippen molar-refractivity contribution in [1.29, 1.82) is 0 Å². The van der Waals surface area contributed by atoms with E-state index in [4.69, 9.17) is 0 Å². The van der Waals surface area contributed by atoms with Crippen LogP contribution in [0.1, 0.15) is 12.5 Å². The second-order valence-electron chi connectivity index (χ2n) is 5.14. The summed E-state index contributed by atoms with van der Waals surface area (Å²) in [5, 5.41) is 4.13. The molecular weight excluding hydrogens is 303 g/mol. The molecule has 2 aromatic rings. The van der Waals surface area contributed by atoms with Crippen LogP contribution in [0.25, 0.3) is 11.0 Å². The predicted molar refractivity (Wildman–Crippen MR) is 69.1 cm³/mol. The molecule has 0 N–H and O–H groups in total. The van der Waals surface area contributed by atoms with Crippen LogP contribution >= 0.6 is 0 Å². The van der Waals surface area contributed by atoms with Gasteiger partial charge in [-0.15, -0.1) is 0 Å². The van der Waals surface area contributed by atoms with Crippen molar-refractivity contribution in [1.82, 2.24) is 24.2 Å². The second-order valence-corrected chi connectivity index (χ2v) is 5.14. The van der Waals surface area contributed by atoms with Gasteiger partial charge >= 0.3 is 6.18 Å². The van der Waals surface area contributed by atoms with Crippen LogP contribution in [0.3, 0.4) is 0 Å². The predicted octanol–water partition coefficient (Wildman–Crippen LogP) is 0.466. The molecule has 3 rings (SSSR count). The van der Waals surface area contributed by atoms with Crippen LogP contribution < -0.4 is 5.56 Å². The first-order valence-electron chi connectivity index (χ1n) is 6.52. The van der Waals surface area contributed by atoms with Crippen LogP contribution in [0.4, 0.5) is 13.2 Å². The lowest BCUT2D eigenvalue weighted by atomic mass is 10.2. The van der Waals surface area contributed by atoms with Crippen LogP contribution in [0.5, 0.6) is 0 Å². The first-order valence-corrected chi connectivity index (χ1v) is 6.52. The second kappa shape index (κ2) is 4.82. The lowest BCUT2D eigenvalue weighted by molar-refractivity contribution is -0.158. The van der Waals surface area contributed by atoms with E-state index in [9.17, 15) is 22.8 Å². The van der Waals surface area contributed by atoms with Gasteiger partial charge in [0.15, 0.2) is 5.65 Å². The molecule has 2 aromatic heterocycles. The number of fused-ring (bicyclic) bond motifs is 1. The molecule has 10 heteroatoms. The normalized spacial score (nSPS) is 19.4. The Morgan fingerprint density at radius 2 is 2.09 bits per heavy atom. The maximum Gasteiger partial charge on any atom is 0.406 e. The standard InChI is InChI=1S/C12H12F3N5O2/c1-18-9-7(4-17-18)10(21)20(6-16-9)8-2-3-19(11(8)22)5-12(13,14)15/h4,6,8H,2-3,5H2,1H3/t8-/m0/s1. The lowest BCUT2D eigenvalue weighted by Crippen LogP contribution is -2.38. The van der Waals surface area contributed by atoms with Crippen molar-refractivity contribution < 1.29 is 18.0 Å². The van der Waals surface area contributed by atoms with E-state index in [1.54, 1.807) is 7.05 Å². The number of aryl methyl sites for hydroxylation is 1. The van der Waals surface area contributed by atoms with Gasteiger partial charge in [0.25, 0.3) is 5.56 Å². The Morgan fingerprint density at radius 1 is 1.36 bits per heavy atom. The fourth-order valence-electron chi connectivity index (χ4n) is 2.62. The molecule has 0 bridgehead atoms. The fourth-order valence-corrected chi connectivity index (χ4v) is 2.62. The highest BCUT2D eigenvalue weighted by molar-refractivity contribution is 5.83. The fraction of sp³-hybridized carbons (Fsp3) is 0.500. The number of carbonyl (C=O) groups excluding carboxylic acids is 1. The molecule has 3 heterocycles. The summed E-state index contributed by atoms with van der Waals surface area (Å²) >= 11 is 0. The quantitative estimate of drug-likeness (QED) is 0.807. The number of rotatable bonds is 2. The molecule has 1 amide bonds. The Bertz CT molecular complexity index is 794. The third-order valence-corrected chi connectivity index (χ3v) is 3.65. The Kier molecular flexibility index (Phi) is 3.18. The van der Waals surface area contributed by atoms with Gasteiger partial charge in [0, 0.05) is 13.6 Å². The summed E-state index contributed by atoms with van der Waals surface area (Å²) in [6.45, 7) is -1.35. The number of alkyl halides is 3. The number of nitrogens with zero attached hydrogens (tertiary/aromatic N) is 5. The SMILES string of the molecule is Cn1ncc2c(=O)n([C@H]3CCN(CC(F)(F)F)C3=O)cnc21. The van der Waals surface area contributed by atoms with Crippen LogP contribution in [-0.2, 0) is 11.8 Å². The highest BCUT2D eigenvalue weighted by Crippen LogP contribution is 2.26. The molecule has 1 fully saturated rings. The molecule has 1 saturated heterocycles. The molecule has 0 aliphatic carbocycles. The van der Waals surface area contributed by atoms with Crippen LogP contribution in [0.15, 0.2) is 17.3 Å². The first-order chi connectivity index (χ1) is 10.3. The van der Waals surface area contributed by atoms with E-state index in [0.29, 0.717) is 10.5 Å². The molecule has 22 heavy (non-hydrogen) atoms. The highest BCUT2D eigenvalue weighted by atomic mass is 19.4. The maximum absolute atomic E-state index is 12.4. The van der Waals surface area contributed by atoms with Crippen molar-refractivity contribution in [3.05, 3.63) is 22.9 Å². The molecule has 0 radical (unpaired) electrons. The van der Waals surface area contributed by atoms with Crippen molar-refractivity contribution in [3.8, 4) is 0 Å². The summed E-state index contributed by atoms with van der Waals surface area (Å²) in [6.07, 6.45) is -1.80. The van der Waals surface area contributed by atoms with Gasteiger partial charge in [0.05, 0.1) is 6.20 Å². The molecule has 1 aliphatic rings. The average Bonchev–Trinajstić information content (AvgIpc) is 2.95. The van der Waals surface area contributed by atoms with Gasteiger partial charge in [-0.25, -0.2) is 4.98 Å². The number of aromatic nitrogens is 4. The van der Waals surface area contributed by atoms with E-state index in [2.05, 4.69) is 10.1 Å². The van der Waals surface area contributed by atoms with Crippen molar-refractivity contribution in [2.45, 2.75) is 18.6 Å². The molecule has 0 unspecified atom stereocenters. The van der Waals surface area contributed by atoms with E-state index in [0.717, 1.165) is 4.57 Å². The van der Waals surface area contributed by atoms with Crippen LogP contribution in [0, 0.1) is 0 Å². The molecule has 0 aromatic carbocycles. The molecule has 7 nitrogen and oxygen atoms in total. The van der Waals surface area contributed by atoms with E-state index in [1.807, 2.05) is 0 Å². The van der Waals surface area contributed by atoms with Gasteiger partial charge in [-0.2, -0.15) is 18.3 Å². The summed E-state index contributed by atoms with van der Waals surface area (Å²) in [5.74, 6) is -0.718. The van der Waals surface area contributed by atoms with E-state index in [1.165, 1.54) is 17.2 Å².